The molecule has 1 aliphatic carbocycles. The van der Waals surface area contributed by atoms with E-state index >= 15 is 0 Å². The number of hydrogen-bond donors (Lipinski definition) is 0. The summed E-state index contributed by atoms with van der Waals surface area (Å²) >= 11 is 11.8. The van der Waals surface area contributed by atoms with E-state index < -0.39 is 0 Å². The van der Waals surface area contributed by atoms with Crippen molar-refractivity contribution >= 4 is 29.2 Å². The van der Waals surface area contributed by atoms with Gasteiger partial charge in [0.05, 0.1) is 15.6 Å². The maximum Gasteiger partial charge on any atom is 0.338 e. The SMILES string of the molecule is CN1CCC2C[C@@H](OC(=O)c3ccc(Cl)c(Cl)c3)CCC2C1. The molecule has 22 heavy (non-hydrogen) atoms. The number of halogens is 2. The van der Waals surface area contributed by atoms with Crippen molar-refractivity contribution in [3.05, 3.63) is 33.8 Å². The van der Waals surface area contributed by atoms with Gasteiger partial charge in [0.25, 0.3) is 0 Å². The van der Waals surface area contributed by atoms with E-state index in [1.807, 2.05) is 0 Å². The van der Waals surface area contributed by atoms with Gasteiger partial charge in [0.15, 0.2) is 0 Å². The number of benzene rings is 1. The van der Waals surface area contributed by atoms with E-state index in [4.69, 9.17) is 27.9 Å². The number of fused-ring (bicyclic) bond motifs is 1. The standard InChI is InChI=1S/C17H21Cl2NO2/c1-20-7-6-11-8-14(4-2-13(11)10-20)22-17(21)12-3-5-15(18)16(19)9-12/h3,5,9,11,13-14H,2,4,6-8,10H2,1H3/t11?,13?,14-/m0/s1. The molecule has 3 nitrogen and oxygen atoms in total. The van der Waals surface area contributed by atoms with Crippen molar-refractivity contribution in [2.45, 2.75) is 31.8 Å². The zero-order valence-corrected chi connectivity index (χ0v) is 14.2. The van der Waals surface area contributed by atoms with Crippen molar-refractivity contribution in [2.24, 2.45) is 11.8 Å². The van der Waals surface area contributed by atoms with Gasteiger partial charge in [-0.15, -0.1) is 0 Å². The Morgan fingerprint density at radius 3 is 2.77 bits per heavy atom. The third kappa shape index (κ3) is 3.58. The van der Waals surface area contributed by atoms with E-state index in [-0.39, 0.29) is 12.1 Å². The monoisotopic (exact) mass is 341 g/mol. The summed E-state index contributed by atoms with van der Waals surface area (Å²) in [6.45, 7) is 2.33. The molecular formula is C17H21Cl2NO2. The molecule has 0 bridgehead atoms. The van der Waals surface area contributed by atoms with E-state index in [0.717, 1.165) is 31.7 Å². The van der Waals surface area contributed by atoms with E-state index in [1.54, 1.807) is 18.2 Å². The topological polar surface area (TPSA) is 29.5 Å². The average molecular weight is 342 g/mol. The van der Waals surface area contributed by atoms with Gasteiger partial charge in [0, 0.05) is 6.54 Å². The first-order valence-corrected chi connectivity index (χ1v) is 8.63. The molecule has 1 aromatic carbocycles. The van der Waals surface area contributed by atoms with Crippen LogP contribution in [-0.4, -0.2) is 37.1 Å². The van der Waals surface area contributed by atoms with Crippen LogP contribution in [0.15, 0.2) is 18.2 Å². The molecule has 5 heteroatoms. The second-order valence-corrected chi connectivity index (χ2v) is 7.35. The molecule has 1 aliphatic heterocycles. The van der Waals surface area contributed by atoms with Gasteiger partial charge in [-0.2, -0.15) is 0 Å². The van der Waals surface area contributed by atoms with Crippen molar-refractivity contribution < 1.29 is 9.53 Å². The number of likely N-dealkylation sites (tertiary alicyclic amines) is 1. The van der Waals surface area contributed by atoms with Gasteiger partial charge in [0.2, 0.25) is 0 Å². The predicted molar refractivity (Wildman–Crippen MR) is 88.6 cm³/mol. The number of carbonyl (C=O) groups excluding carboxylic acids is 1. The summed E-state index contributed by atoms with van der Waals surface area (Å²) in [4.78, 5) is 14.7. The molecular weight excluding hydrogens is 321 g/mol. The quantitative estimate of drug-likeness (QED) is 0.752. The minimum Gasteiger partial charge on any atom is -0.459 e. The van der Waals surface area contributed by atoms with Crippen LogP contribution in [0.4, 0.5) is 0 Å². The molecule has 3 rings (SSSR count). The van der Waals surface area contributed by atoms with Crippen molar-refractivity contribution in [1.82, 2.24) is 4.90 Å². The minimum absolute atomic E-state index is 0.0339. The zero-order valence-electron chi connectivity index (χ0n) is 12.7. The summed E-state index contributed by atoms with van der Waals surface area (Å²) < 4.78 is 5.69. The number of nitrogens with zero attached hydrogens (tertiary/aromatic N) is 1. The first-order chi connectivity index (χ1) is 10.5. The van der Waals surface area contributed by atoms with Crippen molar-refractivity contribution in [3.63, 3.8) is 0 Å². The van der Waals surface area contributed by atoms with Crippen LogP contribution in [0.5, 0.6) is 0 Å². The van der Waals surface area contributed by atoms with Crippen LogP contribution < -0.4 is 0 Å². The maximum atomic E-state index is 12.3. The van der Waals surface area contributed by atoms with Gasteiger partial charge < -0.3 is 9.64 Å². The van der Waals surface area contributed by atoms with Crippen LogP contribution in [0.1, 0.15) is 36.0 Å². The molecule has 0 radical (unpaired) electrons. The summed E-state index contributed by atoms with van der Waals surface area (Å²) in [5.41, 5.74) is 0.472. The van der Waals surface area contributed by atoms with Crippen molar-refractivity contribution in [1.29, 1.82) is 0 Å². The van der Waals surface area contributed by atoms with Gasteiger partial charge in [-0.3, -0.25) is 0 Å². The van der Waals surface area contributed by atoms with E-state index in [1.165, 1.54) is 13.0 Å². The summed E-state index contributed by atoms with van der Waals surface area (Å²) in [6, 6.07) is 4.87. The van der Waals surface area contributed by atoms with E-state index in [9.17, 15) is 4.79 Å². The fraction of sp³-hybridized carbons (Fsp3) is 0.588. The lowest BCUT2D eigenvalue weighted by molar-refractivity contribution is -0.00835. The molecule has 0 spiro atoms. The Bertz CT molecular complexity index is 564. The molecule has 1 heterocycles. The van der Waals surface area contributed by atoms with Crippen LogP contribution in [0.3, 0.4) is 0 Å². The highest BCUT2D eigenvalue weighted by atomic mass is 35.5. The van der Waals surface area contributed by atoms with Crippen LogP contribution in [0, 0.1) is 11.8 Å². The first kappa shape index (κ1) is 16.1. The van der Waals surface area contributed by atoms with E-state index in [2.05, 4.69) is 11.9 Å². The van der Waals surface area contributed by atoms with Gasteiger partial charge in [-0.05, 0) is 69.3 Å². The molecule has 120 valence electrons. The molecule has 0 amide bonds. The Morgan fingerprint density at radius 1 is 1.18 bits per heavy atom. The smallest absolute Gasteiger partial charge is 0.338 e. The Hall–Kier alpha value is -0.770. The molecule has 3 atom stereocenters. The Kier molecular flexibility index (Phi) is 4.96. The number of carbonyl (C=O) groups is 1. The number of rotatable bonds is 2. The molecule has 0 N–H and O–H groups in total. The Morgan fingerprint density at radius 2 is 2.00 bits per heavy atom. The summed E-state index contributed by atoms with van der Waals surface area (Å²) in [7, 11) is 2.19. The highest BCUT2D eigenvalue weighted by molar-refractivity contribution is 6.42. The van der Waals surface area contributed by atoms with Crippen molar-refractivity contribution in [2.75, 3.05) is 20.1 Å². The number of esters is 1. The predicted octanol–water partition coefficient (Wildman–Crippen LogP) is 4.27. The van der Waals surface area contributed by atoms with Gasteiger partial charge in [0.1, 0.15) is 6.10 Å². The average Bonchev–Trinajstić information content (AvgIpc) is 2.50. The largest absolute Gasteiger partial charge is 0.459 e. The molecule has 1 saturated heterocycles. The highest BCUT2D eigenvalue weighted by Gasteiger charge is 2.35. The summed E-state index contributed by atoms with van der Waals surface area (Å²) in [6.07, 6.45) is 4.34. The third-order valence-electron chi connectivity index (χ3n) is 4.95. The molecule has 2 aliphatic rings. The second kappa shape index (κ2) is 6.77. The molecule has 1 saturated carbocycles. The number of ether oxygens (including phenoxy) is 1. The van der Waals surface area contributed by atoms with Crippen molar-refractivity contribution in [3.8, 4) is 0 Å². The summed E-state index contributed by atoms with van der Waals surface area (Å²) in [5, 5.41) is 0.834. The molecule has 1 aromatic rings. The number of hydrogen-bond acceptors (Lipinski definition) is 3. The van der Waals surface area contributed by atoms with Crippen LogP contribution in [-0.2, 0) is 4.74 Å². The molecule has 0 aromatic heterocycles. The van der Waals surface area contributed by atoms with Crippen LogP contribution in [0.25, 0.3) is 0 Å². The first-order valence-electron chi connectivity index (χ1n) is 7.87. The second-order valence-electron chi connectivity index (χ2n) is 6.54. The summed E-state index contributed by atoms with van der Waals surface area (Å²) in [5.74, 6) is 1.16. The molecule has 2 fully saturated rings. The lowest BCUT2D eigenvalue weighted by atomic mass is 9.74. The maximum absolute atomic E-state index is 12.3. The lowest BCUT2D eigenvalue weighted by Gasteiger charge is -2.42. The normalized spacial score (nSPS) is 29.0. The number of piperidine rings is 1. The third-order valence-corrected chi connectivity index (χ3v) is 5.69. The fourth-order valence-electron chi connectivity index (χ4n) is 3.70. The van der Waals surface area contributed by atoms with Gasteiger partial charge in [-0.1, -0.05) is 23.2 Å². The zero-order chi connectivity index (χ0) is 15.7. The Labute approximate surface area is 141 Å². The Balaban J connectivity index is 1.59. The van der Waals surface area contributed by atoms with Gasteiger partial charge in [-0.25, -0.2) is 4.79 Å². The molecule has 2 unspecified atom stereocenters. The lowest BCUT2D eigenvalue weighted by Crippen LogP contribution is -2.42. The highest BCUT2D eigenvalue weighted by Crippen LogP contribution is 2.37. The minimum atomic E-state index is -0.296. The fourth-order valence-corrected chi connectivity index (χ4v) is 4.00. The van der Waals surface area contributed by atoms with Gasteiger partial charge >= 0.3 is 5.97 Å². The van der Waals surface area contributed by atoms with Crippen LogP contribution >= 0.6 is 23.2 Å². The van der Waals surface area contributed by atoms with E-state index in [0.29, 0.717) is 21.5 Å². The van der Waals surface area contributed by atoms with Crippen LogP contribution in [0.2, 0.25) is 10.0 Å².